The van der Waals surface area contributed by atoms with Gasteiger partial charge in [0.25, 0.3) is 0 Å². The molecule has 4 aromatic rings. The highest BCUT2D eigenvalue weighted by Gasteiger charge is 2.17. The van der Waals surface area contributed by atoms with Crippen molar-refractivity contribution in [2.24, 2.45) is 5.92 Å². The van der Waals surface area contributed by atoms with Crippen molar-refractivity contribution in [3.63, 3.8) is 0 Å². The summed E-state index contributed by atoms with van der Waals surface area (Å²) in [4.78, 5) is 23.9. The van der Waals surface area contributed by atoms with E-state index < -0.39 is 0 Å². The first-order valence-electron chi connectivity index (χ1n) is 12.4. The Morgan fingerprint density at radius 3 is 2.64 bits per heavy atom. The van der Waals surface area contributed by atoms with Gasteiger partial charge in [-0.2, -0.15) is 10.2 Å². The summed E-state index contributed by atoms with van der Waals surface area (Å²) in [6.45, 7) is 5.74. The summed E-state index contributed by atoms with van der Waals surface area (Å²) in [7, 11) is 2.16. The number of hydrogen-bond donors (Lipinski definition) is 0. The Kier molecular flexibility index (Phi) is 7.18. The summed E-state index contributed by atoms with van der Waals surface area (Å²) in [6, 6.07) is 9.44. The topological polar surface area (TPSA) is 91.0 Å². The molecule has 0 aliphatic carbocycles. The summed E-state index contributed by atoms with van der Waals surface area (Å²) in [5.74, 6) is 1.89. The number of nitrogens with zero attached hydrogens (tertiary/aromatic N) is 7. The average Bonchev–Trinajstić information content (AvgIpc) is 3.40. The third kappa shape index (κ3) is 5.68. The molecule has 0 saturated carbocycles. The standard InChI is InChI=1S/C27H31N7O2/c1-3-33-18-23(15-30-33)34-12-9-26(35)25(31-34)14-21-5-4-6-22(13-21)27-28-16-24(17-29-27)36-19-20-7-10-32(2)11-8-20/h4-6,9,12-13,15-18,20H,3,7-8,10-11,14,19H2,1-2H3. The molecule has 0 N–H and O–H groups in total. The minimum atomic E-state index is -0.0955. The molecule has 1 aliphatic rings. The van der Waals surface area contributed by atoms with Crippen LogP contribution in [0.15, 0.2) is 66.1 Å². The fourth-order valence-corrected chi connectivity index (χ4v) is 4.35. The number of likely N-dealkylation sites (tertiary alicyclic amines) is 1. The fourth-order valence-electron chi connectivity index (χ4n) is 4.35. The maximum atomic E-state index is 12.5. The van der Waals surface area contributed by atoms with Crippen LogP contribution in [-0.2, 0) is 13.0 Å². The first-order valence-corrected chi connectivity index (χ1v) is 12.4. The Morgan fingerprint density at radius 1 is 1.08 bits per heavy atom. The SMILES string of the molecule is CCn1cc(-n2ccc(=O)c(Cc3cccc(-c4ncc(OCC5CCN(C)CC5)cn4)c3)n2)cn1. The molecule has 186 valence electrons. The van der Waals surface area contributed by atoms with E-state index >= 15 is 0 Å². The van der Waals surface area contributed by atoms with E-state index in [4.69, 9.17) is 4.74 Å². The van der Waals surface area contributed by atoms with Crippen LogP contribution in [0.1, 0.15) is 31.0 Å². The molecule has 1 aliphatic heterocycles. The van der Waals surface area contributed by atoms with Crippen molar-refractivity contribution in [2.75, 3.05) is 26.7 Å². The van der Waals surface area contributed by atoms with Crippen LogP contribution in [0.2, 0.25) is 0 Å². The molecule has 0 radical (unpaired) electrons. The number of piperidine rings is 1. The second kappa shape index (κ2) is 10.8. The Balaban J connectivity index is 1.26. The third-order valence-electron chi connectivity index (χ3n) is 6.60. The van der Waals surface area contributed by atoms with Gasteiger partial charge >= 0.3 is 0 Å². The van der Waals surface area contributed by atoms with E-state index in [2.05, 4.69) is 32.1 Å². The lowest BCUT2D eigenvalue weighted by Gasteiger charge is -2.28. The number of hydrogen-bond acceptors (Lipinski definition) is 7. The molecule has 4 heterocycles. The molecule has 1 aromatic carbocycles. The zero-order chi connectivity index (χ0) is 24.9. The number of aryl methyl sites for hydroxylation is 1. The zero-order valence-electron chi connectivity index (χ0n) is 20.7. The summed E-state index contributed by atoms with van der Waals surface area (Å²) in [5.41, 5.74) is 3.04. The molecule has 5 rings (SSSR count). The van der Waals surface area contributed by atoms with Crippen LogP contribution in [-0.4, -0.2) is 61.2 Å². The largest absolute Gasteiger partial charge is 0.490 e. The second-order valence-electron chi connectivity index (χ2n) is 9.30. The lowest BCUT2D eigenvalue weighted by atomic mass is 9.98. The van der Waals surface area contributed by atoms with E-state index in [-0.39, 0.29) is 5.43 Å². The smallest absolute Gasteiger partial charge is 0.203 e. The van der Waals surface area contributed by atoms with Crippen LogP contribution in [0.5, 0.6) is 5.75 Å². The monoisotopic (exact) mass is 485 g/mol. The van der Waals surface area contributed by atoms with Crippen LogP contribution >= 0.6 is 0 Å². The van der Waals surface area contributed by atoms with Crippen LogP contribution < -0.4 is 10.2 Å². The van der Waals surface area contributed by atoms with Gasteiger partial charge in [0.1, 0.15) is 11.4 Å². The Hall–Kier alpha value is -3.85. The first-order chi connectivity index (χ1) is 17.6. The Labute approximate surface area is 210 Å². The van der Waals surface area contributed by atoms with Crippen molar-refractivity contribution < 1.29 is 4.74 Å². The Morgan fingerprint density at radius 2 is 1.89 bits per heavy atom. The average molecular weight is 486 g/mol. The van der Waals surface area contributed by atoms with Crippen molar-refractivity contribution in [3.05, 3.63) is 82.8 Å². The van der Waals surface area contributed by atoms with Gasteiger partial charge in [0, 0.05) is 30.8 Å². The number of ether oxygens (including phenoxy) is 1. The number of benzene rings is 1. The van der Waals surface area contributed by atoms with Crippen molar-refractivity contribution in [1.29, 1.82) is 0 Å². The lowest BCUT2D eigenvalue weighted by molar-refractivity contribution is 0.159. The maximum Gasteiger partial charge on any atom is 0.203 e. The highest BCUT2D eigenvalue weighted by Crippen LogP contribution is 2.21. The predicted octanol–water partition coefficient (Wildman–Crippen LogP) is 3.22. The van der Waals surface area contributed by atoms with Gasteiger partial charge in [-0.25, -0.2) is 14.6 Å². The normalized spacial score (nSPS) is 14.7. The van der Waals surface area contributed by atoms with Crippen molar-refractivity contribution >= 4 is 0 Å². The van der Waals surface area contributed by atoms with Crippen LogP contribution in [0, 0.1) is 5.92 Å². The second-order valence-corrected chi connectivity index (χ2v) is 9.30. The molecule has 0 amide bonds. The first kappa shape index (κ1) is 23.9. The van der Waals surface area contributed by atoms with Crippen LogP contribution in [0.3, 0.4) is 0 Å². The lowest BCUT2D eigenvalue weighted by Crippen LogP contribution is -2.32. The van der Waals surface area contributed by atoms with Gasteiger partial charge in [0.2, 0.25) is 5.43 Å². The summed E-state index contributed by atoms with van der Waals surface area (Å²) in [5, 5.41) is 8.85. The zero-order valence-corrected chi connectivity index (χ0v) is 20.7. The van der Waals surface area contributed by atoms with E-state index in [0.717, 1.165) is 49.3 Å². The number of aromatic nitrogens is 6. The highest BCUT2D eigenvalue weighted by molar-refractivity contribution is 5.56. The summed E-state index contributed by atoms with van der Waals surface area (Å²) < 4.78 is 9.46. The molecule has 0 bridgehead atoms. The molecular weight excluding hydrogens is 454 g/mol. The molecule has 36 heavy (non-hydrogen) atoms. The molecule has 1 saturated heterocycles. The van der Waals surface area contributed by atoms with E-state index in [1.165, 1.54) is 0 Å². The third-order valence-corrected chi connectivity index (χ3v) is 6.60. The molecule has 9 heteroatoms. The van der Waals surface area contributed by atoms with E-state index in [0.29, 0.717) is 36.2 Å². The van der Waals surface area contributed by atoms with Crippen molar-refractivity contribution in [2.45, 2.75) is 32.7 Å². The molecule has 9 nitrogen and oxygen atoms in total. The van der Waals surface area contributed by atoms with Gasteiger partial charge in [-0.1, -0.05) is 18.2 Å². The van der Waals surface area contributed by atoms with Gasteiger partial charge in [-0.15, -0.1) is 0 Å². The summed E-state index contributed by atoms with van der Waals surface area (Å²) >= 11 is 0. The minimum Gasteiger partial charge on any atom is -0.490 e. The highest BCUT2D eigenvalue weighted by atomic mass is 16.5. The van der Waals surface area contributed by atoms with Crippen LogP contribution in [0.25, 0.3) is 17.1 Å². The maximum absolute atomic E-state index is 12.5. The van der Waals surface area contributed by atoms with Crippen molar-refractivity contribution in [1.82, 2.24) is 34.4 Å². The van der Waals surface area contributed by atoms with E-state index in [9.17, 15) is 4.79 Å². The van der Waals surface area contributed by atoms with Gasteiger partial charge in [-0.05, 0) is 57.5 Å². The molecule has 0 spiro atoms. The quantitative estimate of drug-likeness (QED) is 0.378. The molecule has 1 fully saturated rings. The van der Waals surface area contributed by atoms with E-state index in [1.807, 2.05) is 42.1 Å². The van der Waals surface area contributed by atoms with Gasteiger partial charge in [0.05, 0.1) is 31.4 Å². The molecule has 3 aromatic heterocycles. The fraction of sp³-hybridized carbons (Fsp3) is 0.370. The molecular formula is C27H31N7O2. The van der Waals surface area contributed by atoms with E-state index in [1.54, 1.807) is 35.5 Å². The van der Waals surface area contributed by atoms with Gasteiger partial charge in [0.15, 0.2) is 11.6 Å². The minimum absolute atomic E-state index is 0.0955. The van der Waals surface area contributed by atoms with Gasteiger partial charge in [-0.3, -0.25) is 9.48 Å². The predicted molar refractivity (Wildman–Crippen MR) is 137 cm³/mol. The van der Waals surface area contributed by atoms with Crippen molar-refractivity contribution in [3.8, 4) is 22.8 Å². The Bertz CT molecular complexity index is 1360. The number of rotatable bonds is 8. The molecule has 0 atom stereocenters. The van der Waals surface area contributed by atoms with Crippen LogP contribution in [0.4, 0.5) is 0 Å². The van der Waals surface area contributed by atoms with Gasteiger partial charge < -0.3 is 9.64 Å². The summed E-state index contributed by atoms with van der Waals surface area (Å²) in [6.07, 6.45) is 11.5. The molecule has 0 unspecified atom stereocenters.